The van der Waals surface area contributed by atoms with Crippen LogP contribution in [0.15, 0.2) is 4.99 Å². The van der Waals surface area contributed by atoms with Gasteiger partial charge in [-0.15, -0.1) is 0 Å². The summed E-state index contributed by atoms with van der Waals surface area (Å²) in [6.07, 6.45) is -0.760. The van der Waals surface area contributed by atoms with Crippen molar-refractivity contribution < 1.29 is 4.39 Å². The van der Waals surface area contributed by atoms with Crippen LogP contribution in [-0.4, -0.2) is 23.7 Å². The number of halogens is 1. The Bertz CT molecular complexity index is 312. The molecule has 1 rings (SSSR count). The summed E-state index contributed by atoms with van der Waals surface area (Å²) in [6, 6.07) is 0. The molecule has 0 unspecified atom stereocenters. The maximum atomic E-state index is 12.6. The molecule has 4 nitrogen and oxygen atoms in total. The zero-order valence-electron chi connectivity index (χ0n) is 8.93. The summed E-state index contributed by atoms with van der Waals surface area (Å²) in [5, 5.41) is 2.70. The van der Waals surface area contributed by atoms with Gasteiger partial charge in [-0.3, -0.25) is 4.99 Å². The number of rotatable bonds is 2. The average Bonchev–Trinajstić information content (AvgIpc) is 2.19. The Morgan fingerprint density at radius 1 is 1.36 bits per heavy atom. The van der Waals surface area contributed by atoms with Crippen molar-refractivity contribution in [1.29, 1.82) is 0 Å². The lowest BCUT2D eigenvalue weighted by molar-refractivity contribution is 0.537. The number of hydrogen-bond acceptors (Lipinski definition) is 4. The van der Waals surface area contributed by atoms with Gasteiger partial charge < -0.3 is 5.32 Å². The SMILES string of the molecule is C=Nc1c(C)nc(F)nc1NC.CC. The molecule has 0 aliphatic carbocycles. The molecule has 0 aliphatic rings. The number of aryl methyl sites for hydroxylation is 1. The fourth-order valence-electron chi connectivity index (χ4n) is 0.896. The number of nitrogens with zero attached hydrogens (tertiary/aromatic N) is 3. The van der Waals surface area contributed by atoms with E-state index in [9.17, 15) is 4.39 Å². The van der Waals surface area contributed by atoms with Gasteiger partial charge in [0.1, 0.15) is 5.69 Å². The summed E-state index contributed by atoms with van der Waals surface area (Å²) in [4.78, 5) is 10.7. The molecule has 1 aromatic rings. The summed E-state index contributed by atoms with van der Waals surface area (Å²) in [5.41, 5.74) is 0.959. The number of nitrogens with one attached hydrogen (secondary N) is 1. The predicted molar refractivity (Wildman–Crippen MR) is 56.8 cm³/mol. The van der Waals surface area contributed by atoms with Gasteiger partial charge in [0, 0.05) is 7.05 Å². The fraction of sp³-hybridized carbons (Fsp3) is 0.444. The minimum Gasteiger partial charge on any atom is -0.371 e. The molecule has 0 atom stereocenters. The maximum Gasteiger partial charge on any atom is 0.310 e. The first-order chi connectivity index (χ1) is 6.69. The van der Waals surface area contributed by atoms with Crippen molar-refractivity contribution in [3.8, 4) is 0 Å². The average molecular weight is 198 g/mol. The molecule has 0 aromatic carbocycles. The van der Waals surface area contributed by atoms with Crippen molar-refractivity contribution in [3.05, 3.63) is 11.8 Å². The summed E-state index contributed by atoms with van der Waals surface area (Å²) in [7, 11) is 1.63. The third kappa shape index (κ3) is 2.76. The van der Waals surface area contributed by atoms with Crippen LogP contribution in [0.1, 0.15) is 19.5 Å². The van der Waals surface area contributed by atoms with Crippen LogP contribution in [0, 0.1) is 13.0 Å². The van der Waals surface area contributed by atoms with E-state index in [2.05, 4.69) is 27.0 Å². The molecule has 0 radical (unpaired) electrons. The maximum absolute atomic E-state index is 12.6. The van der Waals surface area contributed by atoms with E-state index in [1.165, 1.54) is 0 Å². The number of aromatic nitrogens is 2. The second kappa shape index (κ2) is 6.01. The van der Waals surface area contributed by atoms with Crippen molar-refractivity contribution in [2.24, 2.45) is 4.99 Å². The van der Waals surface area contributed by atoms with E-state index >= 15 is 0 Å². The van der Waals surface area contributed by atoms with Crippen LogP contribution in [0.4, 0.5) is 15.9 Å². The summed E-state index contributed by atoms with van der Waals surface area (Å²) < 4.78 is 12.6. The van der Waals surface area contributed by atoms with Gasteiger partial charge in [0.15, 0.2) is 5.82 Å². The lowest BCUT2D eigenvalue weighted by Crippen LogP contribution is -2.00. The Kier molecular flexibility index (Phi) is 5.36. The molecule has 5 heteroatoms. The van der Waals surface area contributed by atoms with Crippen LogP contribution < -0.4 is 5.32 Å². The minimum atomic E-state index is -0.760. The Hall–Kier alpha value is -1.52. The first-order valence-corrected chi connectivity index (χ1v) is 4.37. The first-order valence-electron chi connectivity index (χ1n) is 4.37. The van der Waals surface area contributed by atoms with Gasteiger partial charge in [0.25, 0.3) is 0 Å². The number of anilines is 1. The Balaban J connectivity index is 0.000000791. The molecule has 0 amide bonds. The fourth-order valence-corrected chi connectivity index (χ4v) is 0.896. The van der Waals surface area contributed by atoms with Crippen LogP contribution in [0.25, 0.3) is 0 Å². The van der Waals surface area contributed by atoms with Gasteiger partial charge in [0.05, 0.1) is 5.69 Å². The largest absolute Gasteiger partial charge is 0.371 e. The predicted octanol–water partition coefficient (Wildman–Crippen LogP) is 2.32. The molecule has 78 valence electrons. The molecule has 0 spiro atoms. The van der Waals surface area contributed by atoms with Gasteiger partial charge >= 0.3 is 6.08 Å². The lowest BCUT2D eigenvalue weighted by Gasteiger charge is -2.04. The van der Waals surface area contributed by atoms with Gasteiger partial charge in [-0.05, 0) is 13.6 Å². The number of aliphatic imine (C=N–C) groups is 1. The highest BCUT2D eigenvalue weighted by Gasteiger charge is 2.07. The molecular formula is C9H15FN4. The molecule has 1 heterocycles. The number of hydrogen-bond donors (Lipinski definition) is 1. The van der Waals surface area contributed by atoms with Crippen molar-refractivity contribution in [2.75, 3.05) is 12.4 Å². The van der Waals surface area contributed by atoms with Crippen LogP contribution in [-0.2, 0) is 0 Å². The van der Waals surface area contributed by atoms with Gasteiger partial charge in [-0.25, -0.2) is 4.98 Å². The second-order valence-corrected chi connectivity index (χ2v) is 2.18. The molecule has 1 N–H and O–H groups in total. The molecule has 0 bridgehead atoms. The highest BCUT2D eigenvalue weighted by Crippen LogP contribution is 2.24. The van der Waals surface area contributed by atoms with Gasteiger partial charge in [-0.2, -0.15) is 9.37 Å². The van der Waals surface area contributed by atoms with Crippen molar-refractivity contribution in [2.45, 2.75) is 20.8 Å². The van der Waals surface area contributed by atoms with Crippen molar-refractivity contribution in [1.82, 2.24) is 9.97 Å². The topological polar surface area (TPSA) is 50.2 Å². The Morgan fingerprint density at radius 3 is 2.36 bits per heavy atom. The van der Waals surface area contributed by atoms with E-state index in [0.717, 1.165) is 0 Å². The van der Waals surface area contributed by atoms with Crippen LogP contribution in [0.3, 0.4) is 0 Å². The summed E-state index contributed by atoms with van der Waals surface area (Å²) in [5.74, 6) is 0.356. The van der Waals surface area contributed by atoms with Gasteiger partial charge in [0.2, 0.25) is 0 Å². The zero-order chi connectivity index (χ0) is 11.1. The van der Waals surface area contributed by atoms with E-state index in [4.69, 9.17) is 0 Å². The smallest absolute Gasteiger partial charge is 0.310 e. The van der Waals surface area contributed by atoms with E-state index < -0.39 is 6.08 Å². The highest BCUT2D eigenvalue weighted by atomic mass is 19.1. The first kappa shape index (κ1) is 12.5. The summed E-state index contributed by atoms with van der Waals surface area (Å²) in [6.45, 7) is 8.99. The Morgan fingerprint density at radius 2 is 1.93 bits per heavy atom. The standard InChI is InChI=1S/C7H9FN4.C2H6/c1-4-5(9-2)6(10-3)12-7(8)11-4;1-2/h2H2,1,3H3,(H,10,11,12);1-2H3. The zero-order valence-corrected chi connectivity index (χ0v) is 8.93. The molecule has 1 aromatic heterocycles. The van der Waals surface area contributed by atoms with Gasteiger partial charge in [-0.1, -0.05) is 13.8 Å². The molecule has 0 saturated carbocycles. The normalized spacial score (nSPS) is 8.64. The third-order valence-electron chi connectivity index (χ3n) is 1.43. The minimum absolute atomic E-state index is 0.356. The van der Waals surface area contributed by atoms with E-state index in [0.29, 0.717) is 17.2 Å². The van der Waals surface area contributed by atoms with Crippen molar-refractivity contribution >= 4 is 18.2 Å². The van der Waals surface area contributed by atoms with Crippen LogP contribution in [0.5, 0.6) is 0 Å². The highest BCUT2D eigenvalue weighted by molar-refractivity contribution is 5.64. The molecular weight excluding hydrogens is 183 g/mol. The molecule has 0 aliphatic heterocycles. The monoisotopic (exact) mass is 198 g/mol. The quantitative estimate of drug-likeness (QED) is 0.586. The van der Waals surface area contributed by atoms with E-state index in [1.54, 1.807) is 14.0 Å². The third-order valence-corrected chi connectivity index (χ3v) is 1.43. The summed E-state index contributed by atoms with van der Waals surface area (Å²) >= 11 is 0. The van der Waals surface area contributed by atoms with Crippen molar-refractivity contribution in [3.63, 3.8) is 0 Å². The second-order valence-electron chi connectivity index (χ2n) is 2.18. The van der Waals surface area contributed by atoms with E-state index in [1.807, 2.05) is 13.8 Å². The van der Waals surface area contributed by atoms with Crippen LogP contribution >= 0.6 is 0 Å². The lowest BCUT2D eigenvalue weighted by atomic mass is 10.3. The Labute approximate surface area is 83.3 Å². The van der Waals surface area contributed by atoms with E-state index in [-0.39, 0.29) is 0 Å². The molecule has 0 saturated heterocycles. The molecule has 0 fully saturated rings. The molecule has 14 heavy (non-hydrogen) atoms. The van der Waals surface area contributed by atoms with Crippen LogP contribution in [0.2, 0.25) is 0 Å².